The molecule has 23 heavy (non-hydrogen) atoms. The van der Waals surface area contributed by atoms with Gasteiger partial charge in [0, 0.05) is 11.5 Å². The number of hydrogen-bond acceptors (Lipinski definition) is 2. The van der Waals surface area contributed by atoms with E-state index in [1.54, 1.807) is 0 Å². The van der Waals surface area contributed by atoms with E-state index in [1.165, 1.54) is 12.8 Å². The molecule has 0 aliphatic heterocycles. The molecule has 1 aliphatic rings. The van der Waals surface area contributed by atoms with Crippen molar-refractivity contribution >= 4 is 0 Å². The summed E-state index contributed by atoms with van der Waals surface area (Å²) >= 11 is 0. The van der Waals surface area contributed by atoms with E-state index in [9.17, 15) is 10.2 Å². The Balaban J connectivity index is 2.33. The first kappa shape index (κ1) is 17.7. The van der Waals surface area contributed by atoms with Crippen molar-refractivity contribution in [2.24, 2.45) is 5.92 Å². The third-order valence-electron chi connectivity index (χ3n) is 4.86. The minimum atomic E-state index is 0.0425. The monoisotopic (exact) mass is 314 g/mol. The van der Waals surface area contributed by atoms with E-state index in [0.29, 0.717) is 11.5 Å². The van der Waals surface area contributed by atoms with Crippen LogP contribution in [0.4, 0.5) is 0 Å². The minimum Gasteiger partial charge on any atom is -0.507 e. The first-order valence-corrected chi connectivity index (χ1v) is 8.84. The molecule has 2 nitrogen and oxygen atoms in total. The number of benzene rings is 1. The first-order valence-electron chi connectivity index (χ1n) is 8.84. The highest BCUT2D eigenvalue weighted by atomic mass is 16.3. The zero-order chi connectivity index (χ0) is 17.0. The van der Waals surface area contributed by atoms with Gasteiger partial charge in [0.1, 0.15) is 11.5 Å². The summed E-state index contributed by atoms with van der Waals surface area (Å²) in [4.78, 5) is 0. The number of aryl methyl sites for hydroxylation is 1. The lowest BCUT2D eigenvalue weighted by Crippen LogP contribution is -2.14. The van der Waals surface area contributed by atoms with E-state index in [0.717, 1.165) is 42.4 Å². The van der Waals surface area contributed by atoms with Crippen LogP contribution in [0.3, 0.4) is 0 Å². The second-order valence-corrected chi connectivity index (χ2v) is 7.07. The number of unbranched alkanes of at least 4 members (excludes halogenated alkanes) is 2. The predicted molar refractivity (Wildman–Crippen MR) is 97.0 cm³/mol. The second-order valence-electron chi connectivity index (χ2n) is 7.07. The lowest BCUT2D eigenvalue weighted by atomic mass is 9.75. The molecule has 0 heterocycles. The Labute approximate surface area is 140 Å². The average Bonchev–Trinajstić information content (AvgIpc) is 2.46. The summed E-state index contributed by atoms with van der Waals surface area (Å²) in [5.41, 5.74) is 3.87. The summed E-state index contributed by atoms with van der Waals surface area (Å²) in [6, 6.07) is 3.67. The molecule has 1 aromatic rings. The van der Waals surface area contributed by atoms with Crippen LogP contribution in [0.5, 0.6) is 11.5 Å². The molecule has 2 rings (SSSR count). The van der Waals surface area contributed by atoms with Gasteiger partial charge in [0.25, 0.3) is 0 Å². The second kappa shape index (κ2) is 7.72. The van der Waals surface area contributed by atoms with Gasteiger partial charge >= 0.3 is 0 Å². The molecule has 0 radical (unpaired) electrons. The van der Waals surface area contributed by atoms with Gasteiger partial charge in [-0.1, -0.05) is 44.9 Å². The third-order valence-corrected chi connectivity index (χ3v) is 4.86. The smallest absolute Gasteiger partial charge is 0.123 e. The van der Waals surface area contributed by atoms with E-state index in [-0.39, 0.29) is 17.4 Å². The Hall–Kier alpha value is -1.70. The largest absolute Gasteiger partial charge is 0.507 e. The molecule has 0 aromatic heterocycles. The van der Waals surface area contributed by atoms with Gasteiger partial charge in [-0.2, -0.15) is 0 Å². The van der Waals surface area contributed by atoms with Crippen LogP contribution in [0.1, 0.15) is 69.9 Å². The maximum atomic E-state index is 10.5. The fraction of sp³-hybridized carbons (Fsp3) is 0.524. The molecule has 0 spiro atoms. The Morgan fingerprint density at radius 3 is 2.43 bits per heavy atom. The van der Waals surface area contributed by atoms with Gasteiger partial charge in [-0.3, -0.25) is 0 Å². The van der Waals surface area contributed by atoms with Crippen LogP contribution < -0.4 is 0 Å². The van der Waals surface area contributed by atoms with Crippen LogP contribution in [-0.2, 0) is 6.42 Å². The highest BCUT2D eigenvalue weighted by Gasteiger charge is 2.28. The molecule has 2 N–H and O–H groups in total. The molecule has 0 amide bonds. The Bertz CT molecular complexity index is 575. The normalized spacial score (nSPS) is 21.1. The maximum Gasteiger partial charge on any atom is 0.123 e. The van der Waals surface area contributed by atoms with Gasteiger partial charge < -0.3 is 10.2 Å². The Morgan fingerprint density at radius 2 is 1.87 bits per heavy atom. The zero-order valence-corrected chi connectivity index (χ0v) is 14.7. The number of aromatic hydroxyl groups is 2. The minimum absolute atomic E-state index is 0.0425. The van der Waals surface area contributed by atoms with E-state index in [2.05, 4.69) is 26.5 Å². The van der Waals surface area contributed by atoms with Crippen LogP contribution in [-0.4, -0.2) is 10.2 Å². The van der Waals surface area contributed by atoms with Gasteiger partial charge in [-0.15, -0.1) is 0 Å². The van der Waals surface area contributed by atoms with Crippen molar-refractivity contribution in [3.05, 3.63) is 47.1 Å². The summed E-state index contributed by atoms with van der Waals surface area (Å²) < 4.78 is 0. The van der Waals surface area contributed by atoms with Crippen LogP contribution in [0.15, 0.2) is 35.9 Å². The molecule has 0 saturated heterocycles. The summed E-state index contributed by atoms with van der Waals surface area (Å²) in [7, 11) is 0. The van der Waals surface area contributed by atoms with Gasteiger partial charge in [-0.05, 0) is 61.8 Å². The summed E-state index contributed by atoms with van der Waals surface area (Å²) in [6.45, 7) is 10.5. The Morgan fingerprint density at radius 1 is 1.22 bits per heavy atom. The average molecular weight is 314 g/mol. The number of allylic oxidation sites excluding steroid dienone is 3. The van der Waals surface area contributed by atoms with Crippen molar-refractivity contribution in [1.82, 2.24) is 0 Å². The van der Waals surface area contributed by atoms with Gasteiger partial charge in [-0.25, -0.2) is 0 Å². The predicted octanol–water partition coefficient (Wildman–Crippen LogP) is 5.85. The molecule has 0 bridgehead atoms. The van der Waals surface area contributed by atoms with Gasteiger partial charge in [0.05, 0.1) is 0 Å². The third kappa shape index (κ3) is 4.19. The van der Waals surface area contributed by atoms with Crippen molar-refractivity contribution in [2.75, 3.05) is 0 Å². The first-order chi connectivity index (χ1) is 10.9. The SMILES string of the molecule is C=C(C)C1=CCC(C)C[C@H]1c1c(O)cc(CCCCC)cc1O. The van der Waals surface area contributed by atoms with Gasteiger partial charge in [0.15, 0.2) is 0 Å². The molecule has 1 unspecified atom stereocenters. The lowest BCUT2D eigenvalue weighted by Gasteiger charge is -2.30. The molecule has 0 saturated carbocycles. The topological polar surface area (TPSA) is 40.5 Å². The molecular weight excluding hydrogens is 284 g/mol. The van der Waals surface area contributed by atoms with Crippen molar-refractivity contribution in [3.8, 4) is 11.5 Å². The number of rotatable bonds is 6. The highest BCUT2D eigenvalue weighted by molar-refractivity contribution is 5.54. The molecule has 0 fully saturated rings. The molecule has 2 heteroatoms. The molecule has 126 valence electrons. The summed E-state index contributed by atoms with van der Waals surface area (Å²) in [5, 5.41) is 21.1. The fourth-order valence-corrected chi connectivity index (χ4v) is 3.60. The van der Waals surface area contributed by atoms with Crippen molar-refractivity contribution in [3.63, 3.8) is 0 Å². The summed E-state index contributed by atoms with van der Waals surface area (Å²) in [5.74, 6) is 1.04. The van der Waals surface area contributed by atoms with Crippen molar-refractivity contribution in [2.45, 2.75) is 65.2 Å². The molecule has 1 aliphatic carbocycles. The van der Waals surface area contributed by atoms with Crippen LogP contribution in [0.2, 0.25) is 0 Å². The summed E-state index contributed by atoms with van der Waals surface area (Å²) in [6.07, 6.45) is 8.53. The van der Waals surface area contributed by atoms with Crippen LogP contribution >= 0.6 is 0 Å². The quantitative estimate of drug-likeness (QED) is 0.647. The zero-order valence-electron chi connectivity index (χ0n) is 14.7. The number of phenols is 2. The Kier molecular flexibility index (Phi) is 5.92. The van der Waals surface area contributed by atoms with E-state index >= 15 is 0 Å². The number of hydrogen-bond donors (Lipinski definition) is 2. The number of phenolic OH excluding ortho intramolecular Hbond substituents is 2. The maximum absolute atomic E-state index is 10.5. The van der Waals surface area contributed by atoms with Crippen LogP contribution in [0, 0.1) is 5.92 Å². The molecular formula is C21H30O2. The van der Waals surface area contributed by atoms with Gasteiger partial charge in [0.2, 0.25) is 0 Å². The lowest BCUT2D eigenvalue weighted by molar-refractivity contribution is 0.409. The van der Waals surface area contributed by atoms with Crippen molar-refractivity contribution < 1.29 is 10.2 Å². The standard InChI is InChI=1S/C21H30O2/c1-5-6-7-8-16-12-19(22)21(20(23)13-16)18-11-15(4)9-10-17(18)14(2)3/h10,12-13,15,18,22-23H,2,5-9,11H2,1,3-4H3/t15?,18-/m1/s1. The molecule has 2 atom stereocenters. The van der Waals surface area contributed by atoms with E-state index < -0.39 is 0 Å². The fourth-order valence-electron chi connectivity index (χ4n) is 3.60. The highest BCUT2D eigenvalue weighted by Crippen LogP contribution is 2.46. The van der Waals surface area contributed by atoms with Crippen molar-refractivity contribution in [1.29, 1.82) is 0 Å². The van der Waals surface area contributed by atoms with E-state index in [1.807, 2.05) is 19.1 Å². The van der Waals surface area contributed by atoms with Crippen LogP contribution in [0.25, 0.3) is 0 Å². The van der Waals surface area contributed by atoms with E-state index in [4.69, 9.17) is 0 Å². The molecule has 1 aromatic carbocycles.